The molecule has 33 nitrogen and oxygen atoms in total. The molecule has 2 unspecified atom stereocenters. The first-order valence-corrected chi connectivity index (χ1v) is 40.2. The number of ether oxygens (including phenoxy) is 31. The molecule has 0 saturated carbocycles. The summed E-state index contributed by atoms with van der Waals surface area (Å²) in [5.41, 5.74) is 0. The first kappa shape index (κ1) is 108. The highest BCUT2D eigenvalue weighted by Gasteiger charge is 2.14. The predicted molar refractivity (Wildman–Crippen MR) is 408 cm³/mol. The fourth-order valence-electron chi connectivity index (χ4n) is 8.68. The van der Waals surface area contributed by atoms with E-state index in [1.807, 2.05) is 0 Å². The van der Waals surface area contributed by atoms with Gasteiger partial charge in [-0.2, -0.15) is 0 Å². The third-order valence-corrected chi connectivity index (χ3v) is 14.7. The third-order valence-electron chi connectivity index (χ3n) is 14.7. The zero-order valence-electron chi connectivity index (χ0n) is 68.2. The highest BCUT2D eigenvalue weighted by molar-refractivity contribution is 5.09. The number of hydrogen-bond acceptors (Lipinski definition) is 33. The van der Waals surface area contributed by atoms with Gasteiger partial charge in [-0.25, -0.2) is 0 Å². The van der Waals surface area contributed by atoms with E-state index in [0.717, 1.165) is 19.3 Å². The van der Waals surface area contributed by atoms with Gasteiger partial charge < -0.3 is 157 Å². The molecule has 0 bridgehead atoms. The number of aliphatic hydroxyl groups is 2. The summed E-state index contributed by atoms with van der Waals surface area (Å²) in [6.45, 7) is 39.3. The molecule has 0 aromatic rings. The minimum Gasteiger partial charge on any atom is -0.394 e. The van der Waals surface area contributed by atoms with Crippen molar-refractivity contribution in [3.05, 3.63) is 0 Å². The van der Waals surface area contributed by atoms with Crippen LogP contribution in [0.25, 0.3) is 0 Å². The second-order valence-corrected chi connectivity index (χ2v) is 24.4. The lowest BCUT2D eigenvalue weighted by molar-refractivity contribution is -0.0305. The molecule has 0 rings (SSSR count). The third kappa shape index (κ3) is 95.1. The van der Waals surface area contributed by atoms with E-state index in [1.165, 1.54) is 0 Å². The van der Waals surface area contributed by atoms with Crippen LogP contribution >= 0.6 is 0 Å². The summed E-state index contributed by atoms with van der Waals surface area (Å²) in [5.74, 6) is 8.67. The van der Waals surface area contributed by atoms with E-state index < -0.39 is 0 Å². The Morgan fingerprint density at radius 3 is 0.382 bits per heavy atom. The van der Waals surface area contributed by atoms with E-state index in [1.54, 1.807) is 0 Å². The summed E-state index contributed by atoms with van der Waals surface area (Å²) in [6.07, 6.45) is 2.83. The lowest BCUT2D eigenvalue weighted by Crippen LogP contribution is -2.16. The van der Waals surface area contributed by atoms with Gasteiger partial charge in [0.25, 0.3) is 0 Å². The lowest BCUT2D eigenvalue weighted by Gasteiger charge is -2.18. The minimum atomic E-state index is 0.0161. The molecule has 0 amide bonds. The topological polar surface area (TPSA) is 327 Å². The highest BCUT2D eigenvalue weighted by atomic mass is 16.6. The Labute approximate surface area is 660 Å². The van der Waals surface area contributed by atoms with E-state index in [2.05, 4.69) is 39.5 Å². The van der Waals surface area contributed by atoms with Gasteiger partial charge >= 0.3 is 0 Å². The van der Waals surface area contributed by atoms with Crippen molar-refractivity contribution in [3.63, 3.8) is 0 Å². The monoisotopic (exact) mass is 1610 g/mol. The first-order chi connectivity index (χ1) is 54.5. The van der Waals surface area contributed by atoms with Gasteiger partial charge in [0.05, 0.1) is 410 Å². The van der Waals surface area contributed by atoms with Gasteiger partial charge in [0.1, 0.15) is 0 Å². The Bertz CT molecular complexity index is 1700. The van der Waals surface area contributed by atoms with Crippen LogP contribution in [0.5, 0.6) is 0 Å². The summed E-state index contributed by atoms with van der Waals surface area (Å²) in [7, 11) is 0. The molecule has 0 fully saturated rings. The minimum absolute atomic E-state index is 0.0161. The maximum Gasteiger partial charge on any atom is 0.0701 e. The van der Waals surface area contributed by atoms with Gasteiger partial charge in [-0.05, 0) is 31.1 Å². The quantitative estimate of drug-likeness (QED) is 0.0652. The van der Waals surface area contributed by atoms with Crippen LogP contribution in [0.3, 0.4) is 0 Å². The molecule has 0 aromatic carbocycles. The molecule has 33 heteroatoms. The second-order valence-electron chi connectivity index (χ2n) is 24.4. The molecule has 2 N–H and O–H groups in total. The van der Waals surface area contributed by atoms with Gasteiger partial charge in [-0.1, -0.05) is 39.5 Å². The van der Waals surface area contributed by atoms with E-state index in [-0.39, 0.29) is 19.1 Å². The Hall–Kier alpha value is -1.76. The number of hydrogen-bond donors (Lipinski definition) is 2. The van der Waals surface area contributed by atoms with Crippen LogP contribution in [0.15, 0.2) is 0 Å². The van der Waals surface area contributed by atoms with E-state index in [0.29, 0.717) is 427 Å². The zero-order valence-corrected chi connectivity index (χ0v) is 68.2. The molecular formula is C77H152O33. The molecule has 0 aliphatic rings. The molecular weight excluding hydrogens is 1450 g/mol. The summed E-state index contributed by atoms with van der Waals surface area (Å²) in [5, 5.41) is 17.3. The van der Waals surface area contributed by atoms with E-state index >= 15 is 0 Å². The molecule has 0 saturated heterocycles. The van der Waals surface area contributed by atoms with Gasteiger partial charge in [-0.3, -0.25) is 0 Å². The van der Waals surface area contributed by atoms with Crippen LogP contribution in [0.4, 0.5) is 0 Å². The molecule has 0 aliphatic heterocycles. The standard InChI is InChI=1S/C77H152O33/c1-74(2)76(6-5-12-80-16-20-84-24-28-88-32-36-92-40-44-96-48-52-100-56-60-104-64-68-108-70-66-106-62-58-102-54-50-98-46-42-94-38-34-90-30-26-86-22-18-82-14-10-78)7-8-77(75(3)4)9-13-81-17-21-85-25-29-89-33-37-93-41-45-97-49-53-101-57-61-105-65-69-109-72-73-110-71-67-107-63-59-103-55-51-99-47-43-95-39-35-91-31-27-87-23-19-83-15-11-79/h74-79H,5-6,9-73H2,1-4H3. The van der Waals surface area contributed by atoms with Crippen molar-refractivity contribution in [2.75, 3.05) is 423 Å². The number of aliphatic hydroxyl groups excluding tert-OH is 2. The van der Waals surface area contributed by atoms with Crippen molar-refractivity contribution in [2.45, 2.75) is 47.0 Å². The molecule has 0 heterocycles. The van der Waals surface area contributed by atoms with Crippen LogP contribution < -0.4 is 0 Å². The molecule has 0 spiro atoms. The van der Waals surface area contributed by atoms with Gasteiger partial charge in [0.2, 0.25) is 0 Å². The lowest BCUT2D eigenvalue weighted by atomic mass is 9.88. The maximum atomic E-state index is 8.63. The molecule has 110 heavy (non-hydrogen) atoms. The van der Waals surface area contributed by atoms with Crippen LogP contribution in [0.1, 0.15) is 47.0 Å². The van der Waals surface area contributed by atoms with Crippen LogP contribution in [-0.4, -0.2) is 433 Å². The Morgan fingerprint density at radius 1 is 0.145 bits per heavy atom. The van der Waals surface area contributed by atoms with Crippen molar-refractivity contribution in [3.8, 4) is 11.8 Å². The van der Waals surface area contributed by atoms with Crippen molar-refractivity contribution >= 4 is 0 Å². The van der Waals surface area contributed by atoms with Crippen molar-refractivity contribution in [1.29, 1.82) is 0 Å². The molecule has 2 atom stereocenters. The maximum absolute atomic E-state index is 8.63. The average molecular weight is 1610 g/mol. The van der Waals surface area contributed by atoms with Crippen molar-refractivity contribution in [2.24, 2.45) is 23.7 Å². The Morgan fingerprint density at radius 2 is 0.255 bits per heavy atom. The zero-order chi connectivity index (χ0) is 79.0. The van der Waals surface area contributed by atoms with Crippen LogP contribution in [0.2, 0.25) is 0 Å². The molecule has 658 valence electrons. The van der Waals surface area contributed by atoms with Crippen LogP contribution in [0, 0.1) is 35.5 Å². The fraction of sp³-hybridized carbons (Fsp3) is 0.974. The highest BCUT2D eigenvalue weighted by Crippen LogP contribution is 2.19. The molecule has 0 aromatic heterocycles. The average Bonchev–Trinajstić information content (AvgIpc) is 0.935. The summed E-state index contributed by atoms with van der Waals surface area (Å²) >= 11 is 0. The molecule has 0 aliphatic carbocycles. The Balaban J connectivity index is 3.42. The second kappa shape index (κ2) is 99.6. The SMILES string of the molecule is CC(C)C(C#CC(CCOCCOCCOCCOCCOCCOCCOCCOCCOCCOCCOCCOCCOCCOCCOCCOCCO)C(C)C)CCCOCCOCCOCCOCCOCCOCCOCCOCCOCCOCCOCCOCCOCCOCCOCCO. The largest absolute Gasteiger partial charge is 0.394 e. The van der Waals surface area contributed by atoms with Crippen molar-refractivity contribution < 1.29 is 157 Å². The van der Waals surface area contributed by atoms with Gasteiger partial charge in [0.15, 0.2) is 0 Å². The summed E-state index contributed by atoms with van der Waals surface area (Å²) in [6, 6.07) is 0. The van der Waals surface area contributed by atoms with E-state index in [9.17, 15) is 0 Å². The summed E-state index contributed by atoms with van der Waals surface area (Å²) in [4.78, 5) is 0. The fourth-order valence-corrected chi connectivity index (χ4v) is 8.68. The smallest absolute Gasteiger partial charge is 0.0701 e. The van der Waals surface area contributed by atoms with Crippen molar-refractivity contribution in [1.82, 2.24) is 0 Å². The predicted octanol–water partition coefficient (Wildman–Crippen LogP) is 3.20. The number of rotatable bonds is 100. The van der Waals surface area contributed by atoms with E-state index in [4.69, 9.17) is 157 Å². The van der Waals surface area contributed by atoms with Crippen LogP contribution in [-0.2, 0) is 147 Å². The first-order valence-electron chi connectivity index (χ1n) is 40.2. The summed E-state index contributed by atoms with van der Waals surface area (Å²) < 4.78 is 171. The molecule has 0 radical (unpaired) electrons. The van der Waals surface area contributed by atoms with Gasteiger partial charge in [-0.15, -0.1) is 0 Å². The normalized spacial score (nSPS) is 12.4. The van der Waals surface area contributed by atoms with Gasteiger partial charge in [0, 0.05) is 25.0 Å². The Kier molecular flexibility index (Phi) is 98.0.